The van der Waals surface area contributed by atoms with Crippen LogP contribution in [-0.4, -0.2) is 43.8 Å². The van der Waals surface area contributed by atoms with Crippen LogP contribution in [0.1, 0.15) is 32.8 Å². The second-order valence-electron chi connectivity index (χ2n) is 9.02. The molecule has 0 aliphatic rings. The van der Waals surface area contributed by atoms with Crippen molar-refractivity contribution in [3.63, 3.8) is 0 Å². The SMILES string of the molecule is CC[C@@H](C)NC(=O)[C@@H](C)N(Cc1c(Cl)cccc1Cl)C(=O)CN(c1ccccc1)S(=O)(=O)c1ccc(Cl)cc1. The van der Waals surface area contributed by atoms with E-state index in [0.29, 0.717) is 27.1 Å². The average Bonchev–Trinajstić information content (AvgIpc) is 2.91. The Morgan fingerprint density at radius 2 is 1.46 bits per heavy atom. The zero-order valence-electron chi connectivity index (χ0n) is 21.8. The molecular weight excluding hydrogens is 581 g/mol. The van der Waals surface area contributed by atoms with E-state index >= 15 is 0 Å². The highest BCUT2D eigenvalue weighted by molar-refractivity contribution is 7.92. The first kappa shape index (κ1) is 30.8. The van der Waals surface area contributed by atoms with Crippen molar-refractivity contribution in [1.29, 1.82) is 0 Å². The zero-order valence-corrected chi connectivity index (χ0v) is 24.9. The third kappa shape index (κ3) is 7.66. The summed E-state index contributed by atoms with van der Waals surface area (Å²) in [6.45, 7) is 4.70. The minimum atomic E-state index is -4.18. The lowest BCUT2D eigenvalue weighted by Gasteiger charge is -2.32. The quantitative estimate of drug-likeness (QED) is 0.281. The van der Waals surface area contributed by atoms with E-state index < -0.39 is 28.5 Å². The maximum absolute atomic E-state index is 13.9. The number of nitrogens with one attached hydrogen (secondary N) is 1. The molecule has 39 heavy (non-hydrogen) atoms. The van der Waals surface area contributed by atoms with Crippen LogP contribution in [0.5, 0.6) is 0 Å². The highest BCUT2D eigenvalue weighted by Gasteiger charge is 2.33. The van der Waals surface area contributed by atoms with E-state index in [-0.39, 0.29) is 29.1 Å². The topological polar surface area (TPSA) is 86.8 Å². The van der Waals surface area contributed by atoms with E-state index in [2.05, 4.69) is 5.32 Å². The maximum Gasteiger partial charge on any atom is 0.264 e. The minimum absolute atomic E-state index is 0.0354. The van der Waals surface area contributed by atoms with Gasteiger partial charge in [-0.05, 0) is 68.8 Å². The molecule has 11 heteroatoms. The van der Waals surface area contributed by atoms with E-state index in [1.165, 1.54) is 29.2 Å². The van der Waals surface area contributed by atoms with Crippen molar-refractivity contribution in [3.05, 3.63) is 93.4 Å². The van der Waals surface area contributed by atoms with E-state index in [1.807, 2.05) is 13.8 Å². The van der Waals surface area contributed by atoms with Crippen LogP contribution in [0.2, 0.25) is 15.1 Å². The highest BCUT2D eigenvalue weighted by Crippen LogP contribution is 2.28. The molecule has 0 fully saturated rings. The van der Waals surface area contributed by atoms with Gasteiger partial charge in [0.2, 0.25) is 11.8 Å². The summed E-state index contributed by atoms with van der Waals surface area (Å²) in [4.78, 5) is 28.3. The third-order valence-electron chi connectivity index (χ3n) is 6.28. The van der Waals surface area contributed by atoms with Gasteiger partial charge in [0.1, 0.15) is 12.6 Å². The predicted octanol–water partition coefficient (Wildman–Crippen LogP) is 6.17. The zero-order chi connectivity index (χ0) is 28.7. The van der Waals surface area contributed by atoms with Gasteiger partial charge in [0.15, 0.2) is 0 Å². The molecule has 1 N–H and O–H groups in total. The number of carbonyl (C=O) groups is 2. The van der Waals surface area contributed by atoms with Gasteiger partial charge < -0.3 is 10.2 Å². The molecule has 2 atom stereocenters. The number of hydrogen-bond donors (Lipinski definition) is 1. The molecule has 3 rings (SSSR count). The second-order valence-corrected chi connectivity index (χ2v) is 12.1. The first-order chi connectivity index (χ1) is 18.4. The van der Waals surface area contributed by atoms with Crippen molar-refractivity contribution >= 4 is 62.3 Å². The van der Waals surface area contributed by atoms with Crippen LogP contribution < -0.4 is 9.62 Å². The maximum atomic E-state index is 13.9. The molecule has 3 aromatic carbocycles. The van der Waals surface area contributed by atoms with Crippen LogP contribution in [0.4, 0.5) is 5.69 Å². The number of halogens is 3. The first-order valence-corrected chi connectivity index (χ1v) is 14.9. The van der Waals surface area contributed by atoms with Gasteiger partial charge in [0, 0.05) is 33.2 Å². The summed E-state index contributed by atoms with van der Waals surface area (Å²) in [7, 11) is -4.18. The van der Waals surface area contributed by atoms with Crippen molar-refractivity contribution in [3.8, 4) is 0 Å². The Kier molecular flexibility index (Phi) is 10.7. The van der Waals surface area contributed by atoms with Crippen molar-refractivity contribution in [2.24, 2.45) is 0 Å². The summed E-state index contributed by atoms with van der Waals surface area (Å²) in [6.07, 6.45) is 0.698. The molecule has 0 aliphatic heterocycles. The van der Waals surface area contributed by atoms with Crippen molar-refractivity contribution in [1.82, 2.24) is 10.2 Å². The molecule has 0 bridgehead atoms. The number of hydrogen-bond acceptors (Lipinski definition) is 4. The fraction of sp³-hybridized carbons (Fsp3) is 0.286. The van der Waals surface area contributed by atoms with Gasteiger partial charge in [0.25, 0.3) is 10.0 Å². The summed E-state index contributed by atoms with van der Waals surface area (Å²) in [5.74, 6) is -0.994. The Hall–Kier alpha value is -2.78. The molecule has 0 unspecified atom stereocenters. The van der Waals surface area contributed by atoms with Crippen molar-refractivity contribution in [2.45, 2.75) is 50.7 Å². The Morgan fingerprint density at radius 3 is 2.03 bits per heavy atom. The molecule has 7 nitrogen and oxygen atoms in total. The van der Waals surface area contributed by atoms with Gasteiger partial charge in [0.05, 0.1) is 10.6 Å². The van der Waals surface area contributed by atoms with Crippen molar-refractivity contribution in [2.75, 3.05) is 10.8 Å². The molecule has 0 aliphatic carbocycles. The standard InChI is InChI=1S/C28H30Cl3N3O4S/c1-4-19(2)32-28(36)20(3)33(17-24-25(30)11-8-12-26(24)31)27(35)18-34(22-9-6-5-7-10-22)39(37,38)23-15-13-21(29)14-16-23/h5-16,19-20H,4,17-18H2,1-3H3,(H,32,36)/t19-,20-/m1/s1. The fourth-order valence-electron chi connectivity index (χ4n) is 3.76. The summed E-state index contributed by atoms with van der Waals surface area (Å²) in [6, 6.07) is 17.8. The molecule has 0 spiro atoms. The number of amides is 2. The van der Waals surface area contributed by atoms with E-state index in [0.717, 1.165) is 4.31 Å². The van der Waals surface area contributed by atoms with Gasteiger partial charge in [-0.15, -0.1) is 0 Å². The molecule has 0 saturated heterocycles. The molecule has 0 radical (unpaired) electrons. The van der Waals surface area contributed by atoms with Crippen LogP contribution in [0.25, 0.3) is 0 Å². The summed E-state index contributed by atoms with van der Waals surface area (Å²) in [5, 5.41) is 3.90. The Balaban J connectivity index is 2.04. The number of nitrogens with zero attached hydrogens (tertiary/aromatic N) is 2. The van der Waals surface area contributed by atoms with Crippen LogP contribution in [0.3, 0.4) is 0 Å². The Labute approximate surface area is 244 Å². The lowest BCUT2D eigenvalue weighted by molar-refractivity contribution is -0.139. The fourth-order valence-corrected chi connectivity index (χ4v) is 5.82. The lowest BCUT2D eigenvalue weighted by atomic mass is 10.1. The summed E-state index contributed by atoms with van der Waals surface area (Å²) >= 11 is 18.8. The molecule has 2 amide bonds. The molecule has 0 aromatic heterocycles. The van der Waals surface area contributed by atoms with Gasteiger partial charge in [-0.1, -0.05) is 66.0 Å². The molecule has 0 saturated carbocycles. The van der Waals surface area contributed by atoms with Gasteiger partial charge >= 0.3 is 0 Å². The Morgan fingerprint density at radius 1 is 0.872 bits per heavy atom. The number of para-hydroxylation sites is 1. The largest absolute Gasteiger partial charge is 0.352 e. The van der Waals surface area contributed by atoms with Gasteiger partial charge in [-0.2, -0.15) is 0 Å². The normalized spacial score (nSPS) is 12.9. The first-order valence-electron chi connectivity index (χ1n) is 12.3. The lowest BCUT2D eigenvalue weighted by Crippen LogP contribution is -2.52. The number of rotatable bonds is 11. The van der Waals surface area contributed by atoms with Crippen LogP contribution in [-0.2, 0) is 26.2 Å². The van der Waals surface area contributed by atoms with Gasteiger partial charge in [-0.3, -0.25) is 13.9 Å². The number of benzene rings is 3. The number of sulfonamides is 1. The average molecular weight is 611 g/mol. The van der Waals surface area contributed by atoms with E-state index in [9.17, 15) is 18.0 Å². The highest BCUT2D eigenvalue weighted by atomic mass is 35.5. The Bertz CT molecular complexity index is 1380. The molecule has 208 valence electrons. The molecule has 3 aromatic rings. The number of anilines is 1. The minimum Gasteiger partial charge on any atom is -0.352 e. The third-order valence-corrected chi connectivity index (χ3v) is 9.03. The van der Waals surface area contributed by atoms with Crippen LogP contribution in [0.15, 0.2) is 77.7 Å². The number of carbonyl (C=O) groups excluding carboxylic acids is 2. The predicted molar refractivity (Wildman–Crippen MR) is 157 cm³/mol. The van der Waals surface area contributed by atoms with Crippen LogP contribution >= 0.6 is 34.8 Å². The summed E-state index contributed by atoms with van der Waals surface area (Å²) in [5.41, 5.74) is 0.734. The van der Waals surface area contributed by atoms with Crippen LogP contribution in [0, 0.1) is 0 Å². The van der Waals surface area contributed by atoms with E-state index in [1.54, 1.807) is 55.5 Å². The molecule has 0 heterocycles. The monoisotopic (exact) mass is 609 g/mol. The second kappa shape index (κ2) is 13.5. The van der Waals surface area contributed by atoms with Crippen molar-refractivity contribution < 1.29 is 18.0 Å². The summed E-state index contributed by atoms with van der Waals surface area (Å²) < 4.78 is 28.5. The molecular formula is C28H30Cl3N3O4S. The van der Waals surface area contributed by atoms with E-state index in [4.69, 9.17) is 34.8 Å². The smallest absolute Gasteiger partial charge is 0.264 e. The van der Waals surface area contributed by atoms with Gasteiger partial charge in [-0.25, -0.2) is 8.42 Å².